The number of aliphatic hydroxyl groups excluding tert-OH is 1. The van der Waals surface area contributed by atoms with Gasteiger partial charge in [-0.05, 0) is 13.3 Å². The summed E-state index contributed by atoms with van der Waals surface area (Å²) in [5.41, 5.74) is 0. The zero-order valence-corrected chi connectivity index (χ0v) is 4.52. The smallest absolute Gasteiger partial charge is 0.0585 e. The molecule has 42 valence electrons. The highest BCUT2D eigenvalue weighted by Crippen LogP contribution is 2.08. The number of aliphatic hydroxyl groups is 1. The molecule has 1 heterocycles. The van der Waals surface area contributed by atoms with Crippen molar-refractivity contribution in [2.45, 2.75) is 25.4 Å². The third-order valence-corrected chi connectivity index (χ3v) is 1.38. The molecule has 1 fully saturated rings. The van der Waals surface area contributed by atoms with Crippen molar-refractivity contribution in [2.75, 3.05) is 6.61 Å². The SMILES string of the molecule is CC1CC(CO)N1. The van der Waals surface area contributed by atoms with Crippen LogP contribution in [-0.2, 0) is 0 Å². The highest BCUT2D eigenvalue weighted by molar-refractivity contribution is 4.83. The van der Waals surface area contributed by atoms with E-state index in [1.165, 1.54) is 0 Å². The zero-order chi connectivity index (χ0) is 5.28. The fourth-order valence-electron chi connectivity index (χ4n) is 0.932. The summed E-state index contributed by atoms with van der Waals surface area (Å²) in [7, 11) is 0. The van der Waals surface area contributed by atoms with Gasteiger partial charge in [-0.3, -0.25) is 0 Å². The molecule has 2 atom stereocenters. The van der Waals surface area contributed by atoms with E-state index in [0.717, 1.165) is 6.42 Å². The van der Waals surface area contributed by atoms with Crippen LogP contribution in [-0.4, -0.2) is 23.8 Å². The minimum absolute atomic E-state index is 0.296. The maximum Gasteiger partial charge on any atom is 0.0585 e. The van der Waals surface area contributed by atoms with Gasteiger partial charge in [0.1, 0.15) is 0 Å². The van der Waals surface area contributed by atoms with Gasteiger partial charge < -0.3 is 10.4 Å². The Morgan fingerprint density at radius 2 is 2.43 bits per heavy atom. The molecule has 1 aliphatic rings. The molecule has 0 radical (unpaired) electrons. The van der Waals surface area contributed by atoms with Crippen LogP contribution in [0.2, 0.25) is 0 Å². The van der Waals surface area contributed by atoms with Gasteiger partial charge in [0.2, 0.25) is 0 Å². The van der Waals surface area contributed by atoms with Crippen LogP contribution < -0.4 is 5.32 Å². The average molecular weight is 101 g/mol. The average Bonchev–Trinajstić information content (AvgIpc) is 1.58. The Hall–Kier alpha value is -0.0800. The highest BCUT2D eigenvalue weighted by atomic mass is 16.3. The van der Waals surface area contributed by atoms with Gasteiger partial charge in [0.15, 0.2) is 0 Å². The molecular weight excluding hydrogens is 90.1 g/mol. The molecule has 0 aromatic rings. The second kappa shape index (κ2) is 1.80. The van der Waals surface area contributed by atoms with Crippen molar-refractivity contribution in [3.8, 4) is 0 Å². The van der Waals surface area contributed by atoms with E-state index >= 15 is 0 Å². The van der Waals surface area contributed by atoms with Gasteiger partial charge in [-0.1, -0.05) is 0 Å². The second-order valence-electron chi connectivity index (χ2n) is 2.18. The molecule has 0 aliphatic carbocycles. The van der Waals surface area contributed by atoms with E-state index in [1.54, 1.807) is 0 Å². The Morgan fingerprint density at radius 1 is 1.86 bits per heavy atom. The molecule has 0 aromatic carbocycles. The quantitative estimate of drug-likeness (QED) is 0.476. The zero-order valence-electron chi connectivity index (χ0n) is 4.52. The van der Waals surface area contributed by atoms with Gasteiger partial charge in [0, 0.05) is 12.1 Å². The van der Waals surface area contributed by atoms with Crippen molar-refractivity contribution in [1.82, 2.24) is 5.32 Å². The summed E-state index contributed by atoms with van der Waals surface area (Å²) in [5.74, 6) is 0. The monoisotopic (exact) mass is 101 g/mol. The Balaban J connectivity index is 2.06. The molecule has 1 saturated heterocycles. The van der Waals surface area contributed by atoms with E-state index in [4.69, 9.17) is 5.11 Å². The fraction of sp³-hybridized carbons (Fsp3) is 1.00. The first kappa shape index (κ1) is 5.06. The maximum absolute atomic E-state index is 8.44. The third kappa shape index (κ3) is 0.924. The van der Waals surface area contributed by atoms with Crippen LogP contribution in [0.1, 0.15) is 13.3 Å². The molecule has 2 nitrogen and oxygen atoms in total. The first-order valence-electron chi connectivity index (χ1n) is 2.70. The van der Waals surface area contributed by atoms with Gasteiger partial charge in [0.25, 0.3) is 0 Å². The van der Waals surface area contributed by atoms with Crippen LogP contribution in [0.25, 0.3) is 0 Å². The lowest BCUT2D eigenvalue weighted by Gasteiger charge is -2.33. The van der Waals surface area contributed by atoms with Crippen LogP contribution in [0.5, 0.6) is 0 Å². The summed E-state index contributed by atoms with van der Waals surface area (Å²) < 4.78 is 0. The standard InChI is InChI=1S/C5H11NO/c1-4-2-5(3-7)6-4/h4-7H,2-3H2,1H3. The minimum atomic E-state index is 0.296. The molecule has 0 saturated carbocycles. The van der Waals surface area contributed by atoms with E-state index in [1.807, 2.05) is 0 Å². The van der Waals surface area contributed by atoms with E-state index in [9.17, 15) is 0 Å². The van der Waals surface area contributed by atoms with Crippen molar-refractivity contribution in [3.05, 3.63) is 0 Å². The molecule has 2 N–H and O–H groups in total. The molecule has 1 rings (SSSR count). The highest BCUT2D eigenvalue weighted by Gasteiger charge is 2.22. The topological polar surface area (TPSA) is 32.3 Å². The van der Waals surface area contributed by atoms with E-state index in [-0.39, 0.29) is 0 Å². The number of rotatable bonds is 1. The van der Waals surface area contributed by atoms with Gasteiger partial charge in [-0.2, -0.15) is 0 Å². The number of hydrogen-bond donors (Lipinski definition) is 2. The molecule has 7 heavy (non-hydrogen) atoms. The van der Waals surface area contributed by atoms with Crippen LogP contribution in [0.15, 0.2) is 0 Å². The molecule has 0 spiro atoms. The van der Waals surface area contributed by atoms with Crippen molar-refractivity contribution in [2.24, 2.45) is 0 Å². The normalized spacial score (nSPS) is 40.3. The van der Waals surface area contributed by atoms with Crippen molar-refractivity contribution in [1.29, 1.82) is 0 Å². The van der Waals surface area contributed by atoms with Gasteiger partial charge in [-0.25, -0.2) is 0 Å². The molecule has 2 heteroatoms. The van der Waals surface area contributed by atoms with Crippen LogP contribution in [0, 0.1) is 0 Å². The summed E-state index contributed by atoms with van der Waals surface area (Å²) >= 11 is 0. The molecule has 2 unspecified atom stereocenters. The molecular formula is C5H11NO. The van der Waals surface area contributed by atoms with E-state index < -0.39 is 0 Å². The van der Waals surface area contributed by atoms with E-state index in [2.05, 4.69) is 12.2 Å². The Morgan fingerprint density at radius 3 is 2.57 bits per heavy atom. The molecule has 1 aliphatic heterocycles. The first-order chi connectivity index (χ1) is 3.33. The lowest BCUT2D eigenvalue weighted by atomic mass is 10.00. The predicted octanol–water partition coefficient (Wildman–Crippen LogP) is -0.271. The van der Waals surface area contributed by atoms with Crippen LogP contribution in [0.3, 0.4) is 0 Å². The fourth-order valence-corrected chi connectivity index (χ4v) is 0.932. The lowest BCUT2D eigenvalue weighted by Crippen LogP contribution is -2.52. The lowest BCUT2D eigenvalue weighted by molar-refractivity contribution is 0.166. The van der Waals surface area contributed by atoms with Crippen LogP contribution >= 0.6 is 0 Å². The van der Waals surface area contributed by atoms with Gasteiger partial charge >= 0.3 is 0 Å². The molecule has 0 aromatic heterocycles. The second-order valence-corrected chi connectivity index (χ2v) is 2.18. The van der Waals surface area contributed by atoms with Crippen molar-refractivity contribution in [3.63, 3.8) is 0 Å². The minimum Gasteiger partial charge on any atom is -0.395 e. The van der Waals surface area contributed by atoms with Crippen molar-refractivity contribution >= 4 is 0 Å². The van der Waals surface area contributed by atoms with Gasteiger partial charge in [0.05, 0.1) is 6.61 Å². The summed E-state index contributed by atoms with van der Waals surface area (Å²) in [6, 6.07) is 1.03. The largest absolute Gasteiger partial charge is 0.395 e. The number of nitrogens with one attached hydrogen (secondary N) is 1. The summed E-state index contributed by atoms with van der Waals surface area (Å²) in [6.45, 7) is 2.41. The van der Waals surface area contributed by atoms with Gasteiger partial charge in [-0.15, -0.1) is 0 Å². The van der Waals surface area contributed by atoms with Crippen molar-refractivity contribution < 1.29 is 5.11 Å². The molecule has 0 amide bonds. The predicted molar refractivity (Wildman–Crippen MR) is 28.1 cm³/mol. The Bertz CT molecular complexity index is 59.1. The summed E-state index contributed by atoms with van der Waals surface area (Å²) in [4.78, 5) is 0. The molecule has 0 bridgehead atoms. The van der Waals surface area contributed by atoms with Crippen LogP contribution in [0.4, 0.5) is 0 Å². The maximum atomic E-state index is 8.44. The summed E-state index contributed by atoms with van der Waals surface area (Å²) in [5, 5.41) is 11.6. The first-order valence-corrected chi connectivity index (χ1v) is 2.70. The van der Waals surface area contributed by atoms with E-state index in [0.29, 0.717) is 18.7 Å². The summed E-state index contributed by atoms with van der Waals surface area (Å²) in [6.07, 6.45) is 1.14. The third-order valence-electron chi connectivity index (χ3n) is 1.38. The Kier molecular flexibility index (Phi) is 1.30. The number of hydrogen-bond acceptors (Lipinski definition) is 2. The Labute approximate surface area is 43.5 Å².